The third kappa shape index (κ3) is 3.47. The first-order valence-electron chi connectivity index (χ1n) is 5.33. The van der Waals surface area contributed by atoms with Crippen molar-refractivity contribution in [2.24, 2.45) is 0 Å². The Kier molecular flexibility index (Phi) is 4.49. The summed E-state index contributed by atoms with van der Waals surface area (Å²) in [5.41, 5.74) is 2.19. The monoisotopic (exact) mass is 209 g/mol. The molecule has 0 amide bonds. The summed E-state index contributed by atoms with van der Waals surface area (Å²) in [6, 6.07) is 0.474. The topological polar surface area (TPSA) is 47.0 Å². The van der Waals surface area contributed by atoms with Gasteiger partial charge in [-0.3, -0.25) is 0 Å². The predicted octanol–water partition coefficient (Wildman–Crippen LogP) is 1.55. The van der Waals surface area contributed by atoms with Gasteiger partial charge in [0.25, 0.3) is 0 Å². The number of aryl methyl sites for hydroxylation is 1. The van der Waals surface area contributed by atoms with Gasteiger partial charge in [-0.05, 0) is 27.3 Å². The minimum atomic E-state index is 0.116. The van der Waals surface area contributed by atoms with Crippen LogP contribution in [0.2, 0.25) is 0 Å². The van der Waals surface area contributed by atoms with Crippen LogP contribution in [0.1, 0.15) is 32.0 Å². The zero-order chi connectivity index (χ0) is 11.3. The molecule has 15 heavy (non-hydrogen) atoms. The van der Waals surface area contributed by atoms with Crippen molar-refractivity contribution in [2.45, 2.75) is 39.8 Å². The minimum Gasteiger partial charge on any atom is -0.461 e. The lowest BCUT2D eigenvalue weighted by atomic mass is 10.2. The van der Waals surface area contributed by atoms with E-state index in [1.807, 2.05) is 27.1 Å². The molecule has 0 aliphatic rings. The van der Waals surface area contributed by atoms with Gasteiger partial charge in [0.15, 0.2) is 0 Å². The molecule has 0 saturated heterocycles. The van der Waals surface area contributed by atoms with Gasteiger partial charge >= 0.3 is 6.01 Å². The van der Waals surface area contributed by atoms with Crippen molar-refractivity contribution >= 4 is 0 Å². The molecule has 0 aliphatic heterocycles. The van der Waals surface area contributed by atoms with E-state index in [-0.39, 0.29) is 6.10 Å². The van der Waals surface area contributed by atoms with Crippen molar-refractivity contribution in [1.29, 1.82) is 0 Å². The molecule has 0 aliphatic carbocycles. The van der Waals surface area contributed by atoms with Crippen LogP contribution in [0.4, 0.5) is 0 Å². The summed E-state index contributed by atoms with van der Waals surface area (Å²) < 4.78 is 5.45. The van der Waals surface area contributed by atoms with Crippen molar-refractivity contribution in [1.82, 2.24) is 15.3 Å². The Balaban J connectivity index is 2.86. The van der Waals surface area contributed by atoms with Crippen molar-refractivity contribution in [2.75, 3.05) is 7.05 Å². The quantitative estimate of drug-likeness (QED) is 0.799. The van der Waals surface area contributed by atoms with Gasteiger partial charge in [-0.15, -0.1) is 0 Å². The van der Waals surface area contributed by atoms with E-state index >= 15 is 0 Å². The predicted molar refractivity (Wildman–Crippen MR) is 59.9 cm³/mol. The average molecular weight is 209 g/mol. The van der Waals surface area contributed by atoms with Crippen LogP contribution in [0.3, 0.4) is 0 Å². The Bertz CT molecular complexity index is 313. The minimum absolute atomic E-state index is 0.116. The van der Waals surface area contributed by atoms with Crippen molar-refractivity contribution in [3.8, 4) is 6.01 Å². The maximum absolute atomic E-state index is 5.45. The molecule has 0 aromatic carbocycles. The number of nitrogens with one attached hydrogen (secondary N) is 1. The lowest BCUT2D eigenvalue weighted by Gasteiger charge is -2.10. The molecular weight excluding hydrogens is 190 g/mol. The summed E-state index contributed by atoms with van der Waals surface area (Å²) >= 11 is 0. The van der Waals surface area contributed by atoms with Crippen LogP contribution < -0.4 is 10.1 Å². The first-order chi connectivity index (χ1) is 7.17. The molecule has 1 heterocycles. The smallest absolute Gasteiger partial charge is 0.316 e. The van der Waals surface area contributed by atoms with Crippen molar-refractivity contribution < 1.29 is 4.74 Å². The molecule has 0 unspecified atom stereocenters. The molecule has 0 spiro atoms. The van der Waals surface area contributed by atoms with E-state index in [1.54, 1.807) is 0 Å². The molecule has 1 aromatic rings. The summed E-state index contributed by atoms with van der Waals surface area (Å²) in [5.74, 6) is 0. The Morgan fingerprint density at radius 2 is 2.20 bits per heavy atom. The molecule has 4 heteroatoms. The van der Waals surface area contributed by atoms with Gasteiger partial charge in [0, 0.05) is 18.3 Å². The second-order valence-corrected chi connectivity index (χ2v) is 3.67. The highest BCUT2D eigenvalue weighted by atomic mass is 16.5. The number of hydrogen-bond donors (Lipinski definition) is 1. The van der Waals surface area contributed by atoms with Crippen molar-refractivity contribution in [3.05, 3.63) is 17.5 Å². The highest BCUT2D eigenvalue weighted by molar-refractivity contribution is 5.19. The Hall–Kier alpha value is -1.16. The fourth-order valence-corrected chi connectivity index (χ4v) is 1.34. The zero-order valence-corrected chi connectivity index (χ0v) is 9.87. The highest BCUT2D eigenvalue weighted by Gasteiger charge is 2.06. The molecule has 0 atom stereocenters. The highest BCUT2D eigenvalue weighted by Crippen LogP contribution is 2.11. The molecule has 1 aromatic heterocycles. The summed E-state index contributed by atoms with van der Waals surface area (Å²) in [5, 5.41) is 3.10. The average Bonchev–Trinajstić information content (AvgIpc) is 2.20. The summed E-state index contributed by atoms with van der Waals surface area (Å²) in [6.45, 7) is 6.82. The van der Waals surface area contributed by atoms with E-state index in [4.69, 9.17) is 4.74 Å². The Labute approximate surface area is 91.1 Å². The normalized spacial score (nSPS) is 10.7. The third-order valence-electron chi connectivity index (χ3n) is 1.98. The first-order valence-corrected chi connectivity index (χ1v) is 5.33. The van der Waals surface area contributed by atoms with Crippen LogP contribution in [0.25, 0.3) is 0 Å². The summed E-state index contributed by atoms with van der Waals surface area (Å²) in [6.07, 6.45) is 2.85. The van der Waals surface area contributed by atoms with Gasteiger partial charge in [0.05, 0.1) is 11.8 Å². The Morgan fingerprint density at radius 3 is 2.73 bits per heavy atom. The maximum Gasteiger partial charge on any atom is 0.316 e. The van der Waals surface area contributed by atoms with Gasteiger partial charge in [0.1, 0.15) is 0 Å². The largest absolute Gasteiger partial charge is 0.461 e. The third-order valence-corrected chi connectivity index (χ3v) is 1.98. The fourth-order valence-electron chi connectivity index (χ4n) is 1.34. The van der Waals surface area contributed by atoms with Crippen LogP contribution in [0.15, 0.2) is 6.20 Å². The molecule has 0 bridgehead atoms. The zero-order valence-electron chi connectivity index (χ0n) is 9.87. The lowest BCUT2D eigenvalue weighted by molar-refractivity contribution is 0.221. The van der Waals surface area contributed by atoms with Crippen LogP contribution >= 0.6 is 0 Å². The second-order valence-electron chi connectivity index (χ2n) is 3.67. The molecular formula is C11H19N3O. The molecule has 0 radical (unpaired) electrons. The standard InChI is InChI=1S/C11H19N3O/c1-5-10-9(6-12-4)7-13-11(14-10)15-8(2)3/h7-8,12H,5-6H2,1-4H3. The number of nitrogens with zero attached hydrogens (tertiary/aromatic N) is 2. The van der Waals surface area contributed by atoms with Gasteiger partial charge < -0.3 is 10.1 Å². The van der Waals surface area contributed by atoms with E-state index in [2.05, 4.69) is 22.2 Å². The van der Waals surface area contributed by atoms with Crippen molar-refractivity contribution in [3.63, 3.8) is 0 Å². The molecule has 1 N–H and O–H groups in total. The second kappa shape index (κ2) is 5.66. The van der Waals surface area contributed by atoms with E-state index in [9.17, 15) is 0 Å². The molecule has 0 fully saturated rings. The maximum atomic E-state index is 5.45. The van der Waals surface area contributed by atoms with Crippen LogP contribution in [0, 0.1) is 0 Å². The van der Waals surface area contributed by atoms with E-state index < -0.39 is 0 Å². The number of ether oxygens (including phenoxy) is 1. The van der Waals surface area contributed by atoms with Crippen LogP contribution in [-0.2, 0) is 13.0 Å². The fraction of sp³-hybridized carbons (Fsp3) is 0.636. The summed E-state index contributed by atoms with van der Waals surface area (Å²) in [4.78, 5) is 8.55. The summed E-state index contributed by atoms with van der Waals surface area (Å²) in [7, 11) is 1.91. The van der Waals surface area contributed by atoms with E-state index in [1.165, 1.54) is 0 Å². The van der Waals surface area contributed by atoms with Gasteiger partial charge in [-0.25, -0.2) is 4.98 Å². The van der Waals surface area contributed by atoms with Gasteiger partial charge in [-0.2, -0.15) is 4.98 Å². The number of rotatable bonds is 5. The van der Waals surface area contributed by atoms with Gasteiger partial charge in [0.2, 0.25) is 0 Å². The van der Waals surface area contributed by atoms with Crippen LogP contribution in [-0.4, -0.2) is 23.1 Å². The molecule has 84 valence electrons. The molecule has 0 saturated carbocycles. The van der Waals surface area contributed by atoms with E-state index in [0.717, 1.165) is 24.2 Å². The SMILES string of the molecule is CCc1nc(OC(C)C)ncc1CNC. The first kappa shape index (κ1) is 11.9. The van der Waals surface area contributed by atoms with Crippen LogP contribution in [0.5, 0.6) is 6.01 Å². The number of hydrogen-bond acceptors (Lipinski definition) is 4. The number of aromatic nitrogens is 2. The van der Waals surface area contributed by atoms with E-state index in [0.29, 0.717) is 6.01 Å². The molecule has 1 rings (SSSR count). The molecule has 4 nitrogen and oxygen atoms in total. The van der Waals surface area contributed by atoms with Gasteiger partial charge in [-0.1, -0.05) is 6.92 Å². The Morgan fingerprint density at radius 1 is 1.47 bits per heavy atom. The lowest BCUT2D eigenvalue weighted by Crippen LogP contribution is -2.13.